The molecule has 0 bridgehead atoms. The van der Waals surface area contributed by atoms with Crippen LogP contribution in [-0.2, 0) is 11.3 Å². The number of nitrogens with zero attached hydrogens (tertiary/aromatic N) is 1. The van der Waals surface area contributed by atoms with Crippen molar-refractivity contribution in [1.29, 1.82) is 0 Å². The average Bonchev–Trinajstić information content (AvgIpc) is 2.56. The van der Waals surface area contributed by atoms with Gasteiger partial charge in [0.05, 0.1) is 16.0 Å². The summed E-state index contributed by atoms with van der Waals surface area (Å²) in [6, 6.07) is 10.5. The summed E-state index contributed by atoms with van der Waals surface area (Å²) in [5.41, 5.74) is 14.4. The maximum absolute atomic E-state index is 12.9. The molecule has 5 nitrogen and oxygen atoms in total. The van der Waals surface area contributed by atoms with E-state index < -0.39 is 5.92 Å². The molecule has 0 radical (unpaired) electrons. The quantitative estimate of drug-likeness (QED) is 0.671. The van der Waals surface area contributed by atoms with Crippen molar-refractivity contribution in [3.05, 3.63) is 57.6 Å². The normalized spacial score (nSPS) is 12.2. The Kier molecular flexibility index (Phi) is 6.67. The smallest absolute Gasteiger partial charge is 0.233 e. The van der Waals surface area contributed by atoms with Gasteiger partial charge in [-0.3, -0.25) is 4.79 Å². The minimum absolute atomic E-state index is 0.139. The van der Waals surface area contributed by atoms with Crippen molar-refractivity contribution in [3.8, 4) is 0 Å². The SMILES string of the molecule is CN(C)CC(C(=O)Nc1ccc(N)c(CN)c1)c1ccc(Cl)c(Cl)c1. The van der Waals surface area contributed by atoms with Gasteiger partial charge < -0.3 is 21.7 Å². The Labute approximate surface area is 157 Å². The summed E-state index contributed by atoms with van der Waals surface area (Å²) in [7, 11) is 3.82. The second kappa shape index (κ2) is 8.54. The van der Waals surface area contributed by atoms with Crippen molar-refractivity contribution >= 4 is 40.5 Å². The van der Waals surface area contributed by atoms with Gasteiger partial charge in [-0.05, 0) is 55.6 Å². The van der Waals surface area contributed by atoms with E-state index in [-0.39, 0.29) is 5.91 Å². The molecular formula is C18H22Cl2N4O. The van der Waals surface area contributed by atoms with E-state index in [1.807, 2.05) is 25.1 Å². The van der Waals surface area contributed by atoms with Crippen molar-refractivity contribution in [3.63, 3.8) is 0 Å². The first-order valence-electron chi connectivity index (χ1n) is 7.80. The number of anilines is 2. The average molecular weight is 381 g/mol. The van der Waals surface area contributed by atoms with Crippen molar-refractivity contribution in [2.75, 3.05) is 31.7 Å². The number of carbonyl (C=O) groups excluding carboxylic acids is 1. The zero-order valence-electron chi connectivity index (χ0n) is 14.2. The fourth-order valence-electron chi connectivity index (χ4n) is 2.52. The van der Waals surface area contributed by atoms with Crippen LogP contribution in [0.15, 0.2) is 36.4 Å². The molecule has 1 atom stereocenters. The van der Waals surface area contributed by atoms with E-state index in [2.05, 4.69) is 5.32 Å². The topological polar surface area (TPSA) is 84.4 Å². The summed E-state index contributed by atoms with van der Waals surface area (Å²) in [5, 5.41) is 3.81. The first-order chi connectivity index (χ1) is 11.8. The Hall–Kier alpha value is -1.79. The highest BCUT2D eigenvalue weighted by atomic mass is 35.5. The number of nitrogens with two attached hydrogens (primary N) is 2. The van der Waals surface area contributed by atoms with E-state index in [4.69, 9.17) is 34.7 Å². The van der Waals surface area contributed by atoms with Gasteiger partial charge in [0.15, 0.2) is 0 Å². The van der Waals surface area contributed by atoms with Crippen LogP contribution in [0.2, 0.25) is 10.0 Å². The van der Waals surface area contributed by atoms with Crippen LogP contribution in [0.5, 0.6) is 0 Å². The lowest BCUT2D eigenvalue weighted by Crippen LogP contribution is -2.30. The number of amides is 1. The van der Waals surface area contributed by atoms with Crippen molar-refractivity contribution < 1.29 is 4.79 Å². The number of benzene rings is 2. The molecule has 1 unspecified atom stereocenters. The number of hydrogen-bond acceptors (Lipinski definition) is 4. The third-order valence-electron chi connectivity index (χ3n) is 3.84. The standard InChI is InChI=1S/C18H22Cl2N4O/c1-24(2)10-14(11-3-5-15(19)16(20)8-11)18(25)23-13-4-6-17(22)12(7-13)9-21/h3-8,14H,9-10,21-22H2,1-2H3,(H,23,25). The third kappa shape index (κ3) is 5.09. The molecule has 7 heteroatoms. The van der Waals surface area contributed by atoms with E-state index in [1.54, 1.807) is 30.3 Å². The Bertz CT molecular complexity index is 765. The zero-order valence-corrected chi connectivity index (χ0v) is 15.7. The van der Waals surface area contributed by atoms with Crippen LogP contribution in [0.1, 0.15) is 17.0 Å². The molecule has 134 valence electrons. The summed E-state index contributed by atoms with van der Waals surface area (Å²) in [4.78, 5) is 14.8. The lowest BCUT2D eigenvalue weighted by molar-refractivity contribution is -0.117. The van der Waals surface area contributed by atoms with E-state index in [0.29, 0.717) is 34.5 Å². The highest BCUT2D eigenvalue weighted by molar-refractivity contribution is 6.42. The maximum Gasteiger partial charge on any atom is 0.233 e. The lowest BCUT2D eigenvalue weighted by Gasteiger charge is -2.21. The number of likely N-dealkylation sites (N-methyl/N-ethyl adjacent to an activating group) is 1. The lowest BCUT2D eigenvalue weighted by atomic mass is 9.97. The number of rotatable bonds is 6. The highest BCUT2D eigenvalue weighted by Gasteiger charge is 2.22. The molecule has 0 aromatic heterocycles. The molecule has 5 N–H and O–H groups in total. The molecule has 0 aliphatic heterocycles. The predicted octanol–water partition coefficient (Wildman–Crippen LogP) is 3.32. The molecular weight excluding hydrogens is 359 g/mol. The molecule has 25 heavy (non-hydrogen) atoms. The molecule has 0 aliphatic rings. The zero-order chi connectivity index (χ0) is 18.6. The van der Waals surface area contributed by atoms with Crippen LogP contribution in [0.25, 0.3) is 0 Å². The molecule has 0 saturated heterocycles. The van der Waals surface area contributed by atoms with Gasteiger partial charge in [-0.25, -0.2) is 0 Å². The maximum atomic E-state index is 12.9. The summed E-state index contributed by atoms with van der Waals surface area (Å²) in [6.45, 7) is 0.839. The Morgan fingerprint density at radius 1 is 1.16 bits per heavy atom. The first kappa shape index (κ1) is 19.5. The number of hydrogen-bond donors (Lipinski definition) is 3. The largest absolute Gasteiger partial charge is 0.398 e. The van der Waals surface area contributed by atoms with Gasteiger partial charge in [-0.15, -0.1) is 0 Å². The second-order valence-electron chi connectivity index (χ2n) is 6.10. The van der Waals surface area contributed by atoms with Crippen LogP contribution in [0.4, 0.5) is 11.4 Å². The first-order valence-corrected chi connectivity index (χ1v) is 8.56. The van der Waals surface area contributed by atoms with Gasteiger partial charge >= 0.3 is 0 Å². The van der Waals surface area contributed by atoms with Crippen LogP contribution in [-0.4, -0.2) is 31.4 Å². The summed E-state index contributed by atoms with van der Waals surface area (Å²) in [5.74, 6) is -0.538. The molecule has 2 rings (SSSR count). The van der Waals surface area contributed by atoms with Gasteiger partial charge in [-0.1, -0.05) is 29.3 Å². The molecule has 0 saturated carbocycles. The minimum atomic E-state index is -0.399. The van der Waals surface area contributed by atoms with Crippen LogP contribution >= 0.6 is 23.2 Å². The van der Waals surface area contributed by atoms with Crippen LogP contribution in [0, 0.1) is 0 Å². The van der Waals surface area contributed by atoms with Crippen molar-refractivity contribution in [2.45, 2.75) is 12.5 Å². The number of nitrogen functional groups attached to an aromatic ring is 1. The van der Waals surface area contributed by atoms with Gasteiger partial charge in [0.25, 0.3) is 0 Å². The van der Waals surface area contributed by atoms with E-state index in [9.17, 15) is 4.79 Å². The van der Waals surface area contributed by atoms with Gasteiger partial charge in [0.1, 0.15) is 0 Å². The summed E-state index contributed by atoms with van der Waals surface area (Å²) >= 11 is 12.1. The highest BCUT2D eigenvalue weighted by Crippen LogP contribution is 2.28. The fourth-order valence-corrected chi connectivity index (χ4v) is 2.83. The predicted molar refractivity (Wildman–Crippen MR) is 105 cm³/mol. The molecule has 1 amide bonds. The van der Waals surface area contributed by atoms with Crippen molar-refractivity contribution in [1.82, 2.24) is 4.90 Å². The third-order valence-corrected chi connectivity index (χ3v) is 4.58. The van der Waals surface area contributed by atoms with E-state index >= 15 is 0 Å². The Morgan fingerprint density at radius 3 is 2.48 bits per heavy atom. The second-order valence-corrected chi connectivity index (χ2v) is 6.91. The van der Waals surface area contributed by atoms with Crippen LogP contribution in [0.3, 0.4) is 0 Å². The fraction of sp³-hybridized carbons (Fsp3) is 0.278. The summed E-state index contributed by atoms with van der Waals surface area (Å²) in [6.07, 6.45) is 0. The van der Waals surface area contributed by atoms with Crippen molar-refractivity contribution in [2.24, 2.45) is 5.73 Å². The molecule has 0 heterocycles. The molecule has 2 aromatic rings. The van der Waals surface area contributed by atoms with Gasteiger partial charge in [0, 0.05) is 24.5 Å². The molecule has 0 fully saturated rings. The van der Waals surface area contributed by atoms with Crippen LogP contribution < -0.4 is 16.8 Å². The van der Waals surface area contributed by atoms with Gasteiger partial charge in [-0.2, -0.15) is 0 Å². The number of halogens is 2. The van der Waals surface area contributed by atoms with E-state index in [0.717, 1.165) is 11.1 Å². The summed E-state index contributed by atoms with van der Waals surface area (Å²) < 4.78 is 0. The monoisotopic (exact) mass is 380 g/mol. The molecule has 0 spiro atoms. The Balaban J connectivity index is 2.28. The van der Waals surface area contributed by atoms with Gasteiger partial charge in [0.2, 0.25) is 5.91 Å². The number of carbonyl (C=O) groups is 1. The number of nitrogens with one attached hydrogen (secondary N) is 1. The molecule has 2 aromatic carbocycles. The molecule has 0 aliphatic carbocycles. The minimum Gasteiger partial charge on any atom is -0.398 e. The Morgan fingerprint density at radius 2 is 1.88 bits per heavy atom. The van der Waals surface area contributed by atoms with E-state index in [1.165, 1.54) is 0 Å².